The molecule has 0 atom stereocenters. The number of para-hydroxylation sites is 2. The number of fused-ring (bicyclic) bond motifs is 1. The molecule has 0 radical (unpaired) electrons. The van der Waals surface area contributed by atoms with Gasteiger partial charge in [-0.1, -0.05) is 66.7 Å². The SMILES string of the molecule is [C-]#[N+]c1ccc(Cn2c(=NC3CCNCC3)n(Cc3nc(C)ccc3OCc3ccccc3)c3ccccc32)cc1. The highest BCUT2D eigenvalue weighted by Crippen LogP contribution is 2.23. The van der Waals surface area contributed by atoms with E-state index in [0.29, 0.717) is 25.4 Å². The van der Waals surface area contributed by atoms with Gasteiger partial charge in [0.05, 0.1) is 36.7 Å². The maximum atomic E-state index is 7.32. The van der Waals surface area contributed by atoms with Crippen molar-refractivity contribution >= 4 is 16.7 Å². The van der Waals surface area contributed by atoms with Crippen molar-refractivity contribution in [3.05, 3.63) is 131 Å². The molecule has 0 aliphatic carbocycles. The van der Waals surface area contributed by atoms with Crippen molar-refractivity contribution in [2.24, 2.45) is 4.99 Å². The van der Waals surface area contributed by atoms with Crippen LogP contribution in [0.1, 0.15) is 35.4 Å². The normalized spacial score (nSPS) is 14.3. The fourth-order valence-corrected chi connectivity index (χ4v) is 5.42. The Kier molecular flexibility index (Phi) is 7.92. The van der Waals surface area contributed by atoms with E-state index in [9.17, 15) is 0 Å². The number of aromatic nitrogens is 3. The first kappa shape index (κ1) is 26.5. The molecular formula is C34H34N6O. The van der Waals surface area contributed by atoms with E-state index < -0.39 is 0 Å². The molecule has 1 aliphatic heterocycles. The van der Waals surface area contributed by atoms with Gasteiger partial charge in [0.2, 0.25) is 5.62 Å². The Bertz CT molecular complexity index is 1740. The van der Waals surface area contributed by atoms with Crippen molar-refractivity contribution in [3.8, 4) is 5.75 Å². The van der Waals surface area contributed by atoms with Crippen LogP contribution in [-0.4, -0.2) is 33.2 Å². The average Bonchev–Trinajstić information content (AvgIpc) is 3.29. The lowest BCUT2D eigenvalue weighted by Gasteiger charge is -2.19. The van der Waals surface area contributed by atoms with E-state index in [-0.39, 0.29) is 6.04 Å². The van der Waals surface area contributed by atoms with Crippen molar-refractivity contribution in [1.82, 2.24) is 19.4 Å². The Hall–Kier alpha value is -4.67. The molecule has 0 spiro atoms. The zero-order valence-electron chi connectivity index (χ0n) is 23.3. The van der Waals surface area contributed by atoms with Gasteiger partial charge in [0.25, 0.3) is 0 Å². The molecule has 3 aromatic carbocycles. The zero-order chi connectivity index (χ0) is 28.0. The molecular weight excluding hydrogens is 508 g/mol. The second-order valence-corrected chi connectivity index (χ2v) is 10.5. The summed E-state index contributed by atoms with van der Waals surface area (Å²) in [6.45, 7) is 13.0. The highest BCUT2D eigenvalue weighted by molar-refractivity contribution is 5.76. The minimum absolute atomic E-state index is 0.245. The lowest BCUT2D eigenvalue weighted by molar-refractivity contribution is 0.300. The number of hydrogen-bond donors (Lipinski definition) is 1. The number of piperidine rings is 1. The van der Waals surface area contributed by atoms with Crippen molar-refractivity contribution in [2.45, 2.75) is 45.5 Å². The van der Waals surface area contributed by atoms with Crippen LogP contribution in [-0.2, 0) is 19.7 Å². The first-order chi connectivity index (χ1) is 20.2. The van der Waals surface area contributed by atoms with E-state index in [1.54, 1.807) is 0 Å². The second-order valence-electron chi connectivity index (χ2n) is 10.5. The third-order valence-electron chi connectivity index (χ3n) is 7.58. The van der Waals surface area contributed by atoms with Gasteiger partial charge in [-0.15, -0.1) is 0 Å². The predicted octanol–water partition coefficient (Wildman–Crippen LogP) is 6.03. The predicted molar refractivity (Wildman–Crippen MR) is 162 cm³/mol. The summed E-state index contributed by atoms with van der Waals surface area (Å²) >= 11 is 0. The van der Waals surface area contributed by atoms with Gasteiger partial charge in [0.1, 0.15) is 18.1 Å². The van der Waals surface area contributed by atoms with Crippen LogP contribution < -0.4 is 15.7 Å². The maximum Gasteiger partial charge on any atom is 0.206 e. The van der Waals surface area contributed by atoms with Gasteiger partial charge in [0, 0.05) is 5.69 Å². The van der Waals surface area contributed by atoms with Gasteiger partial charge >= 0.3 is 0 Å². The highest BCUT2D eigenvalue weighted by Gasteiger charge is 2.18. The average molecular weight is 543 g/mol. The Morgan fingerprint density at radius 3 is 2.24 bits per heavy atom. The number of aryl methyl sites for hydroxylation is 1. The number of nitrogens with one attached hydrogen (secondary N) is 1. The van der Waals surface area contributed by atoms with E-state index >= 15 is 0 Å². The van der Waals surface area contributed by atoms with Crippen LogP contribution >= 0.6 is 0 Å². The van der Waals surface area contributed by atoms with Crippen molar-refractivity contribution in [2.75, 3.05) is 13.1 Å². The third-order valence-corrected chi connectivity index (χ3v) is 7.58. The summed E-state index contributed by atoms with van der Waals surface area (Å²) in [6, 6.07) is 30.8. The fraction of sp³-hybridized carbons (Fsp3) is 0.265. The molecule has 3 heterocycles. The summed E-state index contributed by atoms with van der Waals surface area (Å²) in [4.78, 5) is 13.9. The van der Waals surface area contributed by atoms with Crippen LogP contribution in [0, 0.1) is 13.5 Å². The monoisotopic (exact) mass is 542 g/mol. The van der Waals surface area contributed by atoms with E-state index in [4.69, 9.17) is 21.3 Å². The van der Waals surface area contributed by atoms with Crippen molar-refractivity contribution in [1.29, 1.82) is 0 Å². The largest absolute Gasteiger partial charge is 0.487 e. The highest BCUT2D eigenvalue weighted by atomic mass is 16.5. The Labute approximate surface area is 240 Å². The minimum Gasteiger partial charge on any atom is -0.487 e. The Morgan fingerprint density at radius 1 is 0.854 bits per heavy atom. The molecule has 1 aliphatic rings. The Balaban J connectivity index is 1.45. The zero-order valence-corrected chi connectivity index (χ0v) is 23.3. The molecule has 5 aromatic rings. The van der Waals surface area contributed by atoms with Crippen LogP contribution in [0.2, 0.25) is 0 Å². The number of rotatable bonds is 8. The first-order valence-electron chi connectivity index (χ1n) is 14.2. The second kappa shape index (κ2) is 12.2. The summed E-state index contributed by atoms with van der Waals surface area (Å²) in [5.74, 6) is 0.784. The van der Waals surface area contributed by atoms with Gasteiger partial charge in [0.15, 0.2) is 5.69 Å². The van der Waals surface area contributed by atoms with E-state index in [2.05, 4.69) is 55.7 Å². The van der Waals surface area contributed by atoms with E-state index in [1.807, 2.05) is 61.5 Å². The van der Waals surface area contributed by atoms with Gasteiger partial charge < -0.3 is 19.2 Å². The van der Waals surface area contributed by atoms with E-state index in [0.717, 1.165) is 70.8 Å². The molecule has 1 fully saturated rings. The van der Waals surface area contributed by atoms with Crippen LogP contribution in [0.25, 0.3) is 15.9 Å². The molecule has 7 heteroatoms. The lowest BCUT2D eigenvalue weighted by Crippen LogP contribution is -2.34. The molecule has 2 aromatic heterocycles. The van der Waals surface area contributed by atoms with Crippen molar-refractivity contribution in [3.63, 3.8) is 0 Å². The van der Waals surface area contributed by atoms with Gasteiger partial charge in [-0.05, 0) is 68.2 Å². The molecule has 7 nitrogen and oxygen atoms in total. The number of hydrogen-bond acceptors (Lipinski definition) is 4. The van der Waals surface area contributed by atoms with Gasteiger partial charge in [-0.2, -0.15) is 0 Å². The first-order valence-corrected chi connectivity index (χ1v) is 14.2. The summed E-state index contributed by atoms with van der Waals surface area (Å²) in [5.41, 5.74) is 7.90. The molecule has 1 saturated heterocycles. The molecule has 1 N–H and O–H groups in total. The Morgan fingerprint density at radius 2 is 1.54 bits per heavy atom. The lowest BCUT2D eigenvalue weighted by atomic mass is 10.1. The smallest absolute Gasteiger partial charge is 0.206 e. The molecule has 206 valence electrons. The van der Waals surface area contributed by atoms with Gasteiger partial charge in [-0.25, -0.2) is 9.84 Å². The fourth-order valence-electron chi connectivity index (χ4n) is 5.42. The summed E-state index contributed by atoms with van der Waals surface area (Å²) in [5, 5.41) is 3.46. The maximum absolute atomic E-state index is 7.32. The number of imidazole rings is 1. The summed E-state index contributed by atoms with van der Waals surface area (Å²) in [7, 11) is 0. The van der Waals surface area contributed by atoms with Crippen LogP contribution in [0.5, 0.6) is 5.75 Å². The molecule has 41 heavy (non-hydrogen) atoms. The topological polar surface area (TPSA) is 60.7 Å². The molecule has 0 saturated carbocycles. The minimum atomic E-state index is 0.245. The van der Waals surface area contributed by atoms with Crippen LogP contribution in [0.3, 0.4) is 0 Å². The number of pyridine rings is 1. The number of benzene rings is 3. The van der Waals surface area contributed by atoms with Gasteiger partial charge in [-0.3, -0.25) is 4.98 Å². The molecule has 6 rings (SSSR count). The van der Waals surface area contributed by atoms with Crippen LogP contribution in [0.4, 0.5) is 5.69 Å². The summed E-state index contributed by atoms with van der Waals surface area (Å²) < 4.78 is 10.9. The molecule has 0 unspecified atom stereocenters. The molecule has 0 amide bonds. The summed E-state index contributed by atoms with van der Waals surface area (Å²) in [6.07, 6.45) is 2.02. The number of nitrogens with zero attached hydrogens (tertiary/aromatic N) is 5. The van der Waals surface area contributed by atoms with Crippen molar-refractivity contribution < 1.29 is 4.74 Å². The standard InChI is InChI=1S/C34H34N6O/c1-25-12-17-33(41-24-27-8-4-3-5-9-27)30(37-25)23-40-32-11-7-6-10-31(32)39(22-26-13-15-28(35-2)16-14-26)34(40)38-29-18-20-36-21-19-29/h3-17,29,36H,18-24H2,1H3. The molecule has 0 bridgehead atoms. The quantitative estimate of drug-likeness (QED) is 0.244. The van der Waals surface area contributed by atoms with E-state index in [1.165, 1.54) is 0 Å². The third kappa shape index (κ3) is 6.08. The number of ether oxygens (including phenoxy) is 1. The van der Waals surface area contributed by atoms with Crippen LogP contribution in [0.15, 0.2) is 96.0 Å².